The second-order valence-corrected chi connectivity index (χ2v) is 6.66. The van der Waals surface area contributed by atoms with Crippen molar-refractivity contribution in [2.24, 2.45) is 0 Å². The molecule has 0 saturated heterocycles. The Morgan fingerprint density at radius 1 is 1.14 bits per heavy atom. The second kappa shape index (κ2) is 8.78. The topological polar surface area (TPSA) is 29.5 Å². The lowest BCUT2D eigenvalue weighted by molar-refractivity contribution is 0.243. The summed E-state index contributed by atoms with van der Waals surface area (Å²) in [5, 5.41) is 10.8. The van der Waals surface area contributed by atoms with E-state index in [1.54, 1.807) is 12.1 Å². The van der Waals surface area contributed by atoms with Crippen LogP contribution in [0.5, 0.6) is 5.75 Å². The van der Waals surface area contributed by atoms with E-state index in [2.05, 4.69) is 15.9 Å². The first-order chi connectivity index (χ1) is 10.6. The number of ether oxygens (including phenoxy) is 1. The highest BCUT2D eigenvalue weighted by Crippen LogP contribution is 2.30. The lowest BCUT2D eigenvalue weighted by Gasteiger charge is -2.16. The molecule has 0 aliphatic rings. The highest BCUT2D eigenvalue weighted by molar-refractivity contribution is 9.10. The molecule has 0 heterocycles. The van der Waals surface area contributed by atoms with E-state index in [1.165, 1.54) is 0 Å². The fourth-order valence-corrected chi connectivity index (χ4v) is 3.21. The van der Waals surface area contributed by atoms with Gasteiger partial charge in [0, 0.05) is 22.6 Å². The van der Waals surface area contributed by atoms with Crippen molar-refractivity contribution in [2.75, 3.05) is 13.2 Å². The van der Waals surface area contributed by atoms with Gasteiger partial charge >= 0.3 is 0 Å². The molecular formula is C17H17BrCl2O2. The second-order valence-electron chi connectivity index (χ2n) is 4.97. The van der Waals surface area contributed by atoms with Gasteiger partial charge in [-0.05, 0) is 58.6 Å². The standard InChI is InChI=1S/C17H17BrCl2O2/c18-15-5-1-2-6-17(15)22-9-3-4-12(11-21)14-8-7-13(19)10-16(14)20/h1-2,5-8,10,12,21H,3-4,9,11H2/t12-/m0/s1. The molecule has 0 spiro atoms. The number of hydrogen-bond donors (Lipinski definition) is 1. The van der Waals surface area contributed by atoms with Crippen LogP contribution >= 0.6 is 39.1 Å². The zero-order valence-electron chi connectivity index (χ0n) is 11.9. The van der Waals surface area contributed by atoms with Crippen LogP contribution in [0.2, 0.25) is 10.0 Å². The van der Waals surface area contributed by atoms with Gasteiger partial charge in [-0.3, -0.25) is 0 Å². The zero-order chi connectivity index (χ0) is 15.9. The van der Waals surface area contributed by atoms with Crippen LogP contribution < -0.4 is 4.74 Å². The molecule has 0 aliphatic carbocycles. The Morgan fingerprint density at radius 2 is 1.91 bits per heavy atom. The van der Waals surface area contributed by atoms with Crippen LogP contribution in [0.4, 0.5) is 0 Å². The zero-order valence-corrected chi connectivity index (χ0v) is 15.0. The van der Waals surface area contributed by atoms with E-state index in [-0.39, 0.29) is 12.5 Å². The van der Waals surface area contributed by atoms with Crippen molar-refractivity contribution in [3.8, 4) is 5.75 Å². The van der Waals surface area contributed by atoms with Gasteiger partial charge in [0.15, 0.2) is 0 Å². The molecule has 0 aromatic heterocycles. The van der Waals surface area contributed by atoms with E-state index in [9.17, 15) is 5.11 Å². The molecule has 2 nitrogen and oxygen atoms in total. The smallest absolute Gasteiger partial charge is 0.133 e. The molecule has 2 aromatic carbocycles. The van der Waals surface area contributed by atoms with Crippen LogP contribution in [0.3, 0.4) is 0 Å². The maximum Gasteiger partial charge on any atom is 0.133 e. The molecule has 2 rings (SSSR count). The molecule has 0 amide bonds. The van der Waals surface area contributed by atoms with E-state index in [0.29, 0.717) is 16.7 Å². The largest absolute Gasteiger partial charge is 0.492 e. The molecule has 0 aliphatic heterocycles. The molecule has 0 radical (unpaired) electrons. The molecule has 118 valence electrons. The van der Waals surface area contributed by atoms with Crippen LogP contribution in [-0.4, -0.2) is 18.3 Å². The Morgan fingerprint density at radius 3 is 2.59 bits per heavy atom. The normalized spacial score (nSPS) is 12.2. The highest BCUT2D eigenvalue weighted by atomic mass is 79.9. The molecular weight excluding hydrogens is 387 g/mol. The summed E-state index contributed by atoms with van der Waals surface area (Å²) in [6, 6.07) is 13.1. The van der Waals surface area contributed by atoms with Gasteiger partial charge in [0.2, 0.25) is 0 Å². The van der Waals surface area contributed by atoms with Crippen LogP contribution in [0, 0.1) is 0 Å². The van der Waals surface area contributed by atoms with Crippen molar-refractivity contribution in [1.29, 1.82) is 0 Å². The average Bonchev–Trinajstić information content (AvgIpc) is 2.50. The molecule has 5 heteroatoms. The Labute approximate surface area is 149 Å². The fourth-order valence-electron chi connectivity index (χ4n) is 2.25. The maximum absolute atomic E-state index is 9.59. The number of aliphatic hydroxyl groups is 1. The van der Waals surface area contributed by atoms with Crippen molar-refractivity contribution >= 4 is 39.1 Å². The lowest BCUT2D eigenvalue weighted by atomic mass is 9.95. The summed E-state index contributed by atoms with van der Waals surface area (Å²) in [4.78, 5) is 0. The number of rotatable bonds is 7. The Kier molecular flexibility index (Phi) is 7.03. The summed E-state index contributed by atoms with van der Waals surface area (Å²) < 4.78 is 6.67. The Bertz CT molecular complexity index is 619. The number of benzene rings is 2. The summed E-state index contributed by atoms with van der Waals surface area (Å²) in [7, 11) is 0. The Hall–Kier alpha value is -0.740. The third-order valence-electron chi connectivity index (χ3n) is 3.41. The SMILES string of the molecule is OC[C@H](CCCOc1ccccc1Br)c1ccc(Cl)cc1Cl. The first kappa shape index (κ1) is 17.6. The van der Waals surface area contributed by atoms with E-state index < -0.39 is 0 Å². The van der Waals surface area contributed by atoms with Crippen LogP contribution in [0.25, 0.3) is 0 Å². The minimum absolute atomic E-state index is 0.00687. The molecule has 0 bridgehead atoms. The van der Waals surface area contributed by atoms with Gasteiger partial charge in [0.25, 0.3) is 0 Å². The molecule has 0 saturated carbocycles. The summed E-state index contributed by atoms with van der Waals surface area (Å²) >= 11 is 15.6. The van der Waals surface area contributed by atoms with Crippen molar-refractivity contribution in [2.45, 2.75) is 18.8 Å². The van der Waals surface area contributed by atoms with Gasteiger partial charge in [-0.15, -0.1) is 0 Å². The van der Waals surface area contributed by atoms with E-state index in [1.807, 2.05) is 30.3 Å². The van der Waals surface area contributed by atoms with E-state index in [4.69, 9.17) is 27.9 Å². The minimum Gasteiger partial charge on any atom is -0.492 e. The fraction of sp³-hybridized carbons (Fsp3) is 0.294. The van der Waals surface area contributed by atoms with Crippen LogP contribution in [0.15, 0.2) is 46.9 Å². The first-order valence-electron chi connectivity index (χ1n) is 7.05. The van der Waals surface area contributed by atoms with Crippen LogP contribution in [0.1, 0.15) is 24.3 Å². The number of hydrogen-bond acceptors (Lipinski definition) is 2. The molecule has 22 heavy (non-hydrogen) atoms. The number of aliphatic hydroxyl groups excluding tert-OH is 1. The van der Waals surface area contributed by atoms with Gasteiger partial charge < -0.3 is 9.84 Å². The van der Waals surface area contributed by atoms with Gasteiger partial charge in [0.1, 0.15) is 5.75 Å². The van der Waals surface area contributed by atoms with E-state index in [0.717, 1.165) is 28.6 Å². The van der Waals surface area contributed by atoms with Gasteiger partial charge in [-0.25, -0.2) is 0 Å². The molecule has 1 atom stereocenters. The van der Waals surface area contributed by atoms with Gasteiger partial charge in [-0.1, -0.05) is 41.4 Å². The van der Waals surface area contributed by atoms with Crippen LogP contribution in [-0.2, 0) is 0 Å². The van der Waals surface area contributed by atoms with Crippen molar-refractivity contribution in [3.63, 3.8) is 0 Å². The maximum atomic E-state index is 9.59. The predicted octanol–water partition coefficient (Wildman–Crippen LogP) is 5.69. The summed E-state index contributed by atoms with van der Waals surface area (Å²) in [5.41, 5.74) is 0.925. The molecule has 1 N–H and O–H groups in total. The monoisotopic (exact) mass is 402 g/mol. The minimum atomic E-state index is -0.00687. The summed E-state index contributed by atoms with van der Waals surface area (Å²) in [5.74, 6) is 0.820. The molecule has 0 fully saturated rings. The van der Waals surface area contributed by atoms with Crippen molar-refractivity contribution in [3.05, 3.63) is 62.5 Å². The van der Waals surface area contributed by atoms with Gasteiger partial charge in [0.05, 0.1) is 11.1 Å². The number of halogens is 3. The predicted molar refractivity (Wildman–Crippen MR) is 95.2 cm³/mol. The quantitative estimate of drug-likeness (QED) is 0.601. The lowest BCUT2D eigenvalue weighted by Crippen LogP contribution is -2.08. The first-order valence-corrected chi connectivity index (χ1v) is 8.60. The molecule has 2 aromatic rings. The third-order valence-corrected chi connectivity index (χ3v) is 4.63. The number of para-hydroxylation sites is 1. The average molecular weight is 404 g/mol. The molecule has 0 unspecified atom stereocenters. The summed E-state index contributed by atoms with van der Waals surface area (Å²) in [6.07, 6.45) is 1.62. The van der Waals surface area contributed by atoms with Crippen molar-refractivity contribution < 1.29 is 9.84 Å². The Balaban J connectivity index is 1.88. The summed E-state index contributed by atoms with van der Waals surface area (Å²) in [6.45, 7) is 0.640. The van der Waals surface area contributed by atoms with Gasteiger partial charge in [-0.2, -0.15) is 0 Å². The van der Waals surface area contributed by atoms with E-state index >= 15 is 0 Å². The third kappa shape index (κ3) is 4.88. The van der Waals surface area contributed by atoms with Crippen molar-refractivity contribution in [1.82, 2.24) is 0 Å². The highest BCUT2D eigenvalue weighted by Gasteiger charge is 2.14.